The Morgan fingerprint density at radius 1 is 0.179 bits per heavy atom. The SMILES string of the molecule is c1ccc2c(c1)oc1cc(N(c3ccc4c(c3)oc3ccccc34)c3ccc4c(c3)oc3cc(N(c5ccc6c(c5)oc5ccccc56)c5ccc6c(c5)oc5ccccc56)ccc34)ccc12. The van der Waals surface area contributed by atoms with E-state index in [9.17, 15) is 0 Å². The summed E-state index contributed by atoms with van der Waals surface area (Å²) < 4.78 is 32.6. The standard InChI is InChI=1S/C60H34N2O5/c1-5-13-51-41(9-1)45-23-17-35(29-55(45)63-51)61(36-18-24-46-42-10-2-6-14-52(42)64-56(46)30-36)39-21-27-49-50-28-22-40(34-60(50)67-59(49)33-39)62(37-19-25-47-43-11-3-7-15-53(43)65-57(47)31-37)38-20-26-48-44-12-4-8-16-54(44)66-58(48)32-38/h1-34H. The lowest BCUT2D eigenvalue weighted by molar-refractivity contribution is 0.668. The molecule has 67 heavy (non-hydrogen) atoms. The lowest BCUT2D eigenvalue weighted by Gasteiger charge is -2.25. The van der Waals surface area contributed by atoms with Crippen molar-refractivity contribution in [2.24, 2.45) is 0 Å². The minimum absolute atomic E-state index is 0.767. The van der Waals surface area contributed by atoms with Crippen LogP contribution in [0, 0.1) is 0 Å². The highest BCUT2D eigenvalue weighted by Crippen LogP contribution is 2.45. The van der Waals surface area contributed by atoms with Crippen LogP contribution in [0.4, 0.5) is 34.1 Å². The van der Waals surface area contributed by atoms with Gasteiger partial charge in [-0.15, -0.1) is 0 Å². The number of furan rings is 5. The van der Waals surface area contributed by atoms with Crippen LogP contribution in [0.25, 0.3) is 110 Å². The highest BCUT2D eigenvalue weighted by Gasteiger charge is 2.22. The van der Waals surface area contributed by atoms with Crippen LogP contribution in [0.3, 0.4) is 0 Å². The Morgan fingerprint density at radius 2 is 0.358 bits per heavy atom. The number of hydrogen-bond acceptors (Lipinski definition) is 7. The Labute approximate surface area is 380 Å². The summed E-state index contributed by atoms with van der Waals surface area (Å²) >= 11 is 0. The fourth-order valence-corrected chi connectivity index (χ4v) is 10.3. The molecule has 0 saturated heterocycles. The van der Waals surface area contributed by atoms with Crippen LogP contribution in [0.15, 0.2) is 228 Å². The molecule has 5 heterocycles. The second-order valence-electron chi connectivity index (χ2n) is 17.2. The Hall–Kier alpha value is -9.20. The number of para-hydroxylation sites is 4. The first kappa shape index (κ1) is 36.2. The van der Waals surface area contributed by atoms with E-state index in [-0.39, 0.29) is 0 Å². The van der Waals surface area contributed by atoms with Crippen molar-refractivity contribution < 1.29 is 22.1 Å². The molecule has 0 radical (unpaired) electrons. The van der Waals surface area contributed by atoms with Gasteiger partial charge in [-0.3, -0.25) is 0 Å². The number of anilines is 6. The summed E-state index contributed by atoms with van der Waals surface area (Å²) in [6, 6.07) is 71.3. The van der Waals surface area contributed by atoms with Gasteiger partial charge in [0.2, 0.25) is 0 Å². The van der Waals surface area contributed by atoms with Crippen LogP contribution in [-0.4, -0.2) is 0 Å². The quantitative estimate of drug-likeness (QED) is 0.165. The molecule has 0 spiro atoms. The zero-order valence-corrected chi connectivity index (χ0v) is 35.6. The fourth-order valence-electron chi connectivity index (χ4n) is 10.3. The molecule has 10 aromatic carbocycles. The van der Waals surface area contributed by atoms with Gasteiger partial charge in [0.15, 0.2) is 0 Å². The van der Waals surface area contributed by atoms with Gasteiger partial charge in [0.1, 0.15) is 55.8 Å². The largest absolute Gasteiger partial charge is 0.456 e. The molecular formula is C60H34N2O5. The zero-order valence-electron chi connectivity index (χ0n) is 35.6. The summed E-state index contributed by atoms with van der Waals surface area (Å²) in [5, 5.41) is 10.7. The molecule has 0 aliphatic carbocycles. The van der Waals surface area contributed by atoms with Gasteiger partial charge in [0, 0.05) is 124 Å². The van der Waals surface area contributed by atoms with E-state index < -0.39 is 0 Å². The van der Waals surface area contributed by atoms with Gasteiger partial charge in [0.25, 0.3) is 0 Å². The molecule has 0 unspecified atom stereocenters. The van der Waals surface area contributed by atoms with Crippen molar-refractivity contribution in [3.05, 3.63) is 206 Å². The lowest BCUT2D eigenvalue weighted by atomic mass is 10.1. The Kier molecular flexibility index (Phi) is 7.37. The van der Waals surface area contributed by atoms with E-state index >= 15 is 0 Å². The van der Waals surface area contributed by atoms with Crippen LogP contribution >= 0.6 is 0 Å². The first-order valence-electron chi connectivity index (χ1n) is 22.4. The van der Waals surface area contributed by atoms with Crippen molar-refractivity contribution in [2.75, 3.05) is 9.80 Å². The molecule has 0 atom stereocenters. The fraction of sp³-hybridized carbons (Fsp3) is 0. The molecule has 0 bridgehead atoms. The van der Waals surface area contributed by atoms with Crippen LogP contribution < -0.4 is 9.80 Å². The lowest BCUT2D eigenvalue weighted by Crippen LogP contribution is -2.09. The third-order valence-corrected chi connectivity index (χ3v) is 13.4. The van der Waals surface area contributed by atoms with Crippen molar-refractivity contribution >= 4 is 144 Å². The van der Waals surface area contributed by atoms with Crippen molar-refractivity contribution in [1.82, 2.24) is 0 Å². The smallest absolute Gasteiger partial charge is 0.137 e. The number of rotatable bonds is 6. The van der Waals surface area contributed by atoms with Gasteiger partial charge in [-0.25, -0.2) is 0 Å². The van der Waals surface area contributed by atoms with Gasteiger partial charge >= 0.3 is 0 Å². The van der Waals surface area contributed by atoms with Crippen LogP contribution in [0.5, 0.6) is 0 Å². The summed E-state index contributed by atoms with van der Waals surface area (Å²) in [5.74, 6) is 0. The van der Waals surface area contributed by atoms with Crippen molar-refractivity contribution in [3.63, 3.8) is 0 Å². The maximum atomic E-state index is 6.89. The molecule has 15 rings (SSSR count). The Balaban J connectivity index is 0.889. The monoisotopic (exact) mass is 862 g/mol. The minimum Gasteiger partial charge on any atom is -0.456 e. The number of hydrogen-bond donors (Lipinski definition) is 0. The van der Waals surface area contributed by atoms with E-state index in [2.05, 4.69) is 143 Å². The van der Waals surface area contributed by atoms with E-state index in [1.807, 2.05) is 72.8 Å². The Bertz CT molecular complexity index is 3990. The van der Waals surface area contributed by atoms with Crippen LogP contribution in [0.2, 0.25) is 0 Å². The van der Waals surface area contributed by atoms with Gasteiger partial charge in [-0.2, -0.15) is 0 Å². The van der Waals surface area contributed by atoms with Gasteiger partial charge in [-0.1, -0.05) is 72.8 Å². The highest BCUT2D eigenvalue weighted by molar-refractivity contribution is 6.11. The zero-order chi connectivity index (χ0) is 43.7. The normalized spacial score (nSPS) is 12.2. The summed E-state index contributed by atoms with van der Waals surface area (Å²) in [4.78, 5) is 4.48. The molecule has 0 fully saturated rings. The second-order valence-corrected chi connectivity index (χ2v) is 17.2. The second kappa shape index (κ2) is 13.7. The predicted molar refractivity (Wildman–Crippen MR) is 272 cm³/mol. The molecule has 0 aliphatic heterocycles. The predicted octanol–water partition coefficient (Wildman–Crippen LogP) is 18.1. The van der Waals surface area contributed by atoms with E-state index in [0.717, 1.165) is 144 Å². The Morgan fingerprint density at radius 3 is 0.582 bits per heavy atom. The maximum Gasteiger partial charge on any atom is 0.137 e. The molecule has 0 aliphatic rings. The molecule has 314 valence electrons. The van der Waals surface area contributed by atoms with Gasteiger partial charge in [-0.05, 0) is 97.1 Å². The van der Waals surface area contributed by atoms with E-state index in [0.29, 0.717) is 0 Å². The van der Waals surface area contributed by atoms with Crippen LogP contribution in [-0.2, 0) is 0 Å². The number of nitrogens with zero attached hydrogens (tertiary/aromatic N) is 2. The topological polar surface area (TPSA) is 72.2 Å². The van der Waals surface area contributed by atoms with E-state index in [1.54, 1.807) is 0 Å². The molecule has 0 saturated carbocycles. The molecule has 5 aromatic heterocycles. The molecule has 0 amide bonds. The van der Waals surface area contributed by atoms with Crippen LogP contribution in [0.1, 0.15) is 0 Å². The third kappa shape index (κ3) is 5.46. The molecular weight excluding hydrogens is 829 g/mol. The molecule has 15 aromatic rings. The molecule has 0 N–H and O–H groups in total. The van der Waals surface area contributed by atoms with Gasteiger partial charge < -0.3 is 31.9 Å². The molecule has 7 nitrogen and oxygen atoms in total. The van der Waals surface area contributed by atoms with E-state index in [4.69, 9.17) is 22.1 Å². The van der Waals surface area contributed by atoms with Crippen molar-refractivity contribution in [1.29, 1.82) is 0 Å². The van der Waals surface area contributed by atoms with Crippen molar-refractivity contribution in [3.8, 4) is 0 Å². The van der Waals surface area contributed by atoms with Gasteiger partial charge in [0.05, 0.1) is 0 Å². The van der Waals surface area contributed by atoms with Crippen molar-refractivity contribution in [2.45, 2.75) is 0 Å². The highest BCUT2D eigenvalue weighted by atomic mass is 16.3. The molecule has 7 heteroatoms. The van der Waals surface area contributed by atoms with E-state index in [1.165, 1.54) is 0 Å². The summed E-state index contributed by atoms with van der Waals surface area (Å²) in [7, 11) is 0. The maximum absolute atomic E-state index is 6.89. The summed E-state index contributed by atoms with van der Waals surface area (Å²) in [6.45, 7) is 0. The average molecular weight is 863 g/mol. The summed E-state index contributed by atoms with van der Waals surface area (Å²) in [5.41, 5.74) is 13.9. The summed E-state index contributed by atoms with van der Waals surface area (Å²) in [6.07, 6.45) is 0. The number of fused-ring (bicyclic) bond motifs is 15. The third-order valence-electron chi connectivity index (χ3n) is 13.4. The first-order valence-corrected chi connectivity index (χ1v) is 22.4. The number of benzene rings is 10. The average Bonchev–Trinajstić information content (AvgIpc) is 4.19. The first-order chi connectivity index (χ1) is 33.1. The minimum atomic E-state index is 0.767.